The van der Waals surface area contributed by atoms with Gasteiger partial charge in [0, 0.05) is 6.54 Å². The summed E-state index contributed by atoms with van der Waals surface area (Å²) in [5.41, 5.74) is 1.48. The fraction of sp³-hybridized carbons (Fsp3) is 0.278. The lowest BCUT2D eigenvalue weighted by Crippen LogP contribution is -2.36. The molecule has 0 unspecified atom stereocenters. The summed E-state index contributed by atoms with van der Waals surface area (Å²) in [6, 6.07) is 17.9. The topological polar surface area (TPSA) is 56.8 Å². The standard InChI is InChI=1S/C18H19F3NO4PS/c19-18(20,21)17(28)22-11-12-24-27(23,25-13-15-7-3-1-4-8-15)26-14-16-9-5-2-6-10-16/h1-10H,11-14H2,(H,22,28). The van der Waals surface area contributed by atoms with Crippen LogP contribution in [-0.4, -0.2) is 24.3 Å². The first-order chi connectivity index (χ1) is 13.3. The maximum absolute atomic E-state index is 12.9. The number of thiocarbonyl (C=S) groups is 1. The molecule has 0 heterocycles. The zero-order chi connectivity index (χ0) is 20.5. The second kappa shape index (κ2) is 10.7. The van der Waals surface area contributed by atoms with Crippen LogP contribution in [0.25, 0.3) is 0 Å². The molecule has 0 aliphatic heterocycles. The van der Waals surface area contributed by atoms with Crippen molar-refractivity contribution in [1.29, 1.82) is 0 Å². The fourth-order valence-corrected chi connectivity index (χ4v) is 3.24. The van der Waals surface area contributed by atoms with Crippen molar-refractivity contribution >= 4 is 25.0 Å². The van der Waals surface area contributed by atoms with Crippen LogP contribution in [0.5, 0.6) is 0 Å². The van der Waals surface area contributed by atoms with Gasteiger partial charge in [0.05, 0.1) is 19.8 Å². The highest BCUT2D eigenvalue weighted by molar-refractivity contribution is 7.80. The molecule has 1 N–H and O–H groups in total. The van der Waals surface area contributed by atoms with Crippen molar-refractivity contribution in [2.24, 2.45) is 0 Å². The van der Waals surface area contributed by atoms with Gasteiger partial charge in [0.15, 0.2) is 4.99 Å². The predicted molar refractivity (Wildman–Crippen MR) is 103 cm³/mol. The lowest BCUT2D eigenvalue weighted by Gasteiger charge is -2.19. The Labute approximate surface area is 166 Å². The van der Waals surface area contributed by atoms with E-state index in [0.717, 1.165) is 11.1 Å². The van der Waals surface area contributed by atoms with Crippen LogP contribution in [0.4, 0.5) is 13.2 Å². The fourth-order valence-electron chi connectivity index (χ4n) is 1.99. The number of nitrogens with one attached hydrogen (secondary N) is 1. The first kappa shape index (κ1) is 22.5. The van der Waals surface area contributed by atoms with Gasteiger partial charge in [0.2, 0.25) is 0 Å². The average Bonchev–Trinajstić information content (AvgIpc) is 2.69. The minimum Gasteiger partial charge on any atom is -0.370 e. The third kappa shape index (κ3) is 8.08. The SMILES string of the molecule is O=P(OCCNC(=S)C(F)(F)F)(OCc1ccccc1)OCc1ccccc1. The Kier molecular flexibility index (Phi) is 8.59. The molecular weight excluding hydrogens is 414 g/mol. The van der Waals surface area contributed by atoms with Gasteiger partial charge in [0.1, 0.15) is 0 Å². The van der Waals surface area contributed by atoms with Crippen molar-refractivity contribution in [1.82, 2.24) is 5.32 Å². The van der Waals surface area contributed by atoms with Crippen molar-refractivity contribution in [3.05, 3.63) is 71.8 Å². The van der Waals surface area contributed by atoms with Crippen molar-refractivity contribution in [3.8, 4) is 0 Å². The molecule has 0 saturated heterocycles. The van der Waals surface area contributed by atoms with Crippen LogP contribution in [0.15, 0.2) is 60.7 Å². The summed E-state index contributed by atoms with van der Waals surface area (Å²) in [6.45, 7) is -0.731. The van der Waals surface area contributed by atoms with Gasteiger partial charge in [-0.1, -0.05) is 72.9 Å². The Hall–Kier alpha value is -1.77. The Bertz CT molecular complexity index is 743. The van der Waals surface area contributed by atoms with Gasteiger partial charge in [-0.15, -0.1) is 0 Å². The summed E-state index contributed by atoms with van der Waals surface area (Å²) in [5.74, 6) is 0. The highest BCUT2D eigenvalue weighted by Gasteiger charge is 2.34. The third-order valence-corrected chi connectivity index (χ3v) is 5.12. The predicted octanol–water partition coefficient (Wildman–Crippen LogP) is 5.02. The minimum atomic E-state index is -4.63. The van der Waals surface area contributed by atoms with E-state index in [1.54, 1.807) is 48.5 Å². The Morgan fingerprint density at radius 2 is 1.36 bits per heavy atom. The van der Waals surface area contributed by atoms with Crippen LogP contribution in [-0.2, 0) is 31.4 Å². The molecule has 0 fully saturated rings. The third-order valence-electron chi connectivity index (χ3n) is 3.36. The molecule has 0 radical (unpaired) electrons. The summed E-state index contributed by atoms with van der Waals surface area (Å²) in [4.78, 5) is -1.28. The summed E-state index contributed by atoms with van der Waals surface area (Å²) in [5, 5.41) is 1.99. The largest absolute Gasteiger partial charge is 0.475 e. The van der Waals surface area contributed by atoms with Crippen molar-refractivity contribution in [3.63, 3.8) is 0 Å². The van der Waals surface area contributed by atoms with E-state index in [1.807, 2.05) is 17.4 Å². The second-order valence-electron chi connectivity index (χ2n) is 5.55. The van der Waals surface area contributed by atoms with E-state index < -0.39 is 19.0 Å². The van der Waals surface area contributed by atoms with Crippen LogP contribution in [0.3, 0.4) is 0 Å². The minimum absolute atomic E-state index is 0.0404. The van der Waals surface area contributed by atoms with E-state index in [9.17, 15) is 17.7 Å². The number of benzene rings is 2. The normalized spacial score (nSPS) is 12.0. The summed E-state index contributed by atoms with van der Waals surface area (Å²) in [7, 11) is -4.02. The highest BCUT2D eigenvalue weighted by atomic mass is 32.1. The maximum Gasteiger partial charge on any atom is 0.475 e. The van der Waals surface area contributed by atoms with Gasteiger partial charge in [-0.2, -0.15) is 13.2 Å². The molecule has 10 heteroatoms. The Balaban J connectivity index is 1.92. The van der Waals surface area contributed by atoms with Crippen LogP contribution in [0, 0.1) is 0 Å². The molecule has 2 aromatic carbocycles. The number of hydrogen-bond donors (Lipinski definition) is 1. The van der Waals surface area contributed by atoms with Gasteiger partial charge >= 0.3 is 14.0 Å². The lowest BCUT2D eigenvalue weighted by molar-refractivity contribution is -0.0592. The molecule has 0 saturated carbocycles. The highest BCUT2D eigenvalue weighted by Crippen LogP contribution is 2.50. The number of rotatable bonds is 10. The van der Waals surface area contributed by atoms with Gasteiger partial charge in [-0.3, -0.25) is 13.6 Å². The number of halogens is 3. The summed E-state index contributed by atoms with van der Waals surface area (Å²) in [6.07, 6.45) is -4.63. The van der Waals surface area contributed by atoms with E-state index >= 15 is 0 Å². The molecule has 152 valence electrons. The Morgan fingerprint density at radius 1 is 0.893 bits per heavy atom. The molecule has 2 aromatic rings. The van der Waals surface area contributed by atoms with Crippen molar-refractivity contribution in [2.75, 3.05) is 13.2 Å². The molecule has 0 bridgehead atoms. The number of phosphoric acid groups is 1. The zero-order valence-electron chi connectivity index (χ0n) is 14.7. The molecule has 28 heavy (non-hydrogen) atoms. The van der Waals surface area contributed by atoms with E-state index in [-0.39, 0.29) is 26.4 Å². The molecule has 0 spiro atoms. The molecule has 2 rings (SSSR count). The lowest BCUT2D eigenvalue weighted by atomic mass is 10.2. The molecule has 0 aliphatic carbocycles. The van der Waals surface area contributed by atoms with E-state index in [1.165, 1.54) is 0 Å². The second-order valence-corrected chi connectivity index (χ2v) is 7.63. The van der Waals surface area contributed by atoms with E-state index in [0.29, 0.717) is 0 Å². The van der Waals surface area contributed by atoms with Crippen LogP contribution in [0.2, 0.25) is 0 Å². The zero-order valence-corrected chi connectivity index (χ0v) is 16.4. The van der Waals surface area contributed by atoms with Crippen molar-refractivity contribution < 1.29 is 31.3 Å². The first-order valence-electron chi connectivity index (χ1n) is 8.25. The summed E-state index contributed by atoms with van der Waals surface area (Å²) >= 11 is 4.21. The van der Waals surface area contributed by atoms with Crippen LogP contribution in [0.1, 0.15) is 11.1 Å². The smallest absolute Gasteiger partial charge is 0.370 e. The van der Waals surface area contributed by atoms with Crippen molar-refractivity contribution in [2.45, 2.75) is 19.4 Å². The van der Waals surface area contributed by atoms with Gasteiger partial charge in [-0.05, 0) is 11.1 Å². The summed E-state index contributed by atoms with van der Waals surface area (Å²) < 4.78 is 65.8. The maximum atomic E-state index is 12.9. The molecular formula is C18H19F3NO4PS. The number of hydrogen-bond acceptors (Lipinski definition) is 5. The molecule has 0 aliphatic rings. The van der Waals surface area contributed by atoms with Crippen LogP contribution < -0.4 is 5.32 Å². The monoisotopic (exact) mass is 433 g/mol. The van der Waals surface area contributed by atoms with Gasteiger partial charge in [0.25, 0.3) is 0 Å². The Morgan fingerprint density at radius 3 is 1.79 bits per heavy atom. The van der Waals surface area contributed by atoms with E-state index in [2.05, 4.69) is 12.2 Å². The van der Waals surface area contributed by atoms with Gasteiger partial charge < -0.3 is 5.32 Å². The molecule has 5 nitrogen and oxygen atoms in total. The quantitative estimate of drug-likeness (QED) is 0.323. The first-order valence-corrected chi connectivity index (χ1v) is 10.1. The average molecular weight is 433 g/mol. The molecule has 0 aromatic heterocycles. The number of alkyl halides is 3. The van der Waals surface area contributed by atoms with E-state index in [4.69, 9.17) is 13.6 Å². The van der Waals surface area contributed by atoms with Crippen LogP contribution >= 0.6 is 20.0 Å². The van der Waals surface area contributed by atoms with Gasteiger partial charge in [-0.25, -0.2) is 4.57 Å². The number of phosphoric ester groups is 1. The molecule has 0 atom stereocenters. The molecule has 0 amide bonds.